The lowest BCUT2D eigenvalue weighted by Crippen LogP contribution is -2.40. The first-order valence-electron chi connectivity index (χ1n) is 11.5. The molecule has 5 rings (SSSR count). The van der Waals surface area contributed by atoms with E-state index in [1.165, 1.54) is 0 Å². The zero-order valence-electron chi connectivity index (χ0n) is 18.7. The molecule has 10 heteroatoms. The van der Waals surface area contributed by atoms with Crippen LogP contribution in [-0.4, -0.2) is 51.0 Å². The minimum Gasteiger partial charge on any atom is -0.479 e. The van der Waals surface area contributed by atoms with Crippen molar-refractivity contribution in [3.63, 3.8) is 0 Å². The largest absolute Gasteiger partial charge is 0.479 e. The van der Waals surface area contributed by atoms with Crippen LogP contribution < -0.4 is 10.1 Å². The Bertz CT molecular complexity index is 1180. The molecule has 34 heavy (non-hydrogen) atoms. The first-order valence-corrected chi connectivity index (χ1v) is 11.5. The Morgan fingerprint density at radius 2 is 1.94 bits per heavy atom. The molecule has 2 aliphatic carbocycles. The second-order valence-corrected chi connectivity index (χ2v) is 9.10. The number of rotatable bonds is 8. The summed E-state index contributed by atoms with van der Waals surface area (Å²) in [6.07, 6.45) is 4.67. The molecule has 0 saturated heterocycles. The SMILES string of the molecule is CC(OC1C2CCC1CC(CNC(=O)c1cccnc1Oc1ccc3nonc3c1)C2)C(=O)O. The topological polar surface area (TPSA) is 137 Å². The van der Waals surface area contributed by atoms with Crippen LogP contribution in [0.1, 0.15) is 43.0 Å². The highest BCUT2D eigenvalue weighted by Gasteiger charge is 2.44. The zero-order valence-corrected chi connectivity index (χ0v) is 18.7. The van der Waals surface area contributed by atoms with E-state index in [0.29, 0.717) is 46.6 Å². The predicted octanol–water partition coefficient (Wildman–Crippen LogP) is 3.43. The van der Waals surface area contributed by atoms with Crippen molar-refractivity contribution < 1.29 is 28.8 Å². The standard InChI is InChI=1S/C24H26N4O6/c1-13(24(30)31)32-21-15-4-5-16(21)10-14(9-15)12-26-22(29)18-3-2-8-25-23(18)33-17-6-7-19-20(11-17)28-34-27-19/h2-3,6-8,11,13-16,21H,4-5,9-10,12H2,1H3,(H,26,29)(H,30,31). The molecule has 2 aliphatic rings. The predicted molar refractivity (Wildman–Crippen MR) is 119 cm³/mol. The number of pyridine rings is 1. The normalized spacial score (nSPS) is 24.6. The Morgan fingerprint density at radius 3 is 2.71 bits per heavy atom. The van der Waals surface area contributed by atoms with Crippen molar-refractivity contribution in [1.29, 1.82) is 0 Å². The molecule has 2 saturated carbocycles. The number of carbonyl (C=O) groups is 2. The monoisotopic (exact) mass is 466 g/mol. The Morgan fingerprint density at radius 1 is 1.18 bits per heavy atom. The molecule has 10 nitrogen and oxygen atoms in total. The van der Waals surface area contributed by atoms with Gasteiger partial charge in [0.1, 0.15) is 22.3 Å². The Hall–Kier alpha value is -3.53. The molecule has 178 valence electrons. The van der Waals surface area contributed by atoms with Crippen LogP contribution in [0, 0.1) is 17.8 Å². The molecule has 3 unspecified atom stereocenters. The van der Waals surface area contributed by atoms with E-state index in [1.807, 2.05) is 0 Å². The molecule has 2 N–H and O–H groups in total. The van der Waals surface area contributed by atoms with Gasteiger partial charge in [-0.2, -0.15) is 0 Å². The van der Waals surface area contributed by atoms with Crippen molar-refractivity contribution in [3.8, 4) is 11.6 Å². The van der Waals surface area contributed by atoms with Gasteiger partial charge in [-0.15, -0.1) is 0 Å². The van der Waals surface area contributed by atoms with Gasteiger partial charge in [-0.05, 0) is 84.9 Å². The first kappa shape index (κ1) is 22.3. The third-order valence-electron chi connectivity index (χ3n) is 6.83. The summed E-state index contributed by atoms with van der Waals surface area (Å²) in [6, 6.07) is 8.47. The second kappa shape index (κ2) is 9.38. The summed E-state index contributed by atoms with van der Waals surface area (Å²) in [5.41, 5.74) is 1.50. The van der Waals surface area contributed by atoms with E-state index in [0.717, 1.165) is 25.7 Å². The first-order chi connectivity index (χ1) is 16.5. The van der Waals surface area contributed by atoms with Crippen molar-refractivity contribution in [1.82, 2.24) is 20.6 Å². The minimum atomic E-state index is -0.930. The van der Waals surface area contributed by atoms with Crippen LogP contribution in [0.15, 0.2) is 41.2 Å². The van der Waals surface area contributed by atoms with Gasteiger partial charge in [-0.25, -0.2) is 14.4 Å². The Labute approximate surface area is 195 Å². The number of carboxylic acid groups (broad SMARTS) is 1. The zero-order chi connectivity index (χ0) is 23.7. The van der Waals surface area contributed by atoms with Crippen molar-refractivity contribution >= 4 is 22.9 Å². The molecule has 2 heterocycles. The number of carboxylic acids is 1. The summed E-state index contributed by atoms with van der Waals surface area (Å²) in [7, 11) is 0. The van der Waals surface area contributed by atoms with E-state index < -0.39 is 12.1 Å². The molecule has 2 fully saturated rings. The molecule has 0 radical (unpaired) electrons. The van der Waals surface area contributed by atoms with Crippen LogP contribution in [-0.2, 0) is 9.53 Å². The molecule has 3 atom stereocenters. The number of amides is 1. The Kier molecular flexibility index (Phi) is 6.14. The maximum Gasteiger partial charge on any atom is 0.332 e. The van der Waals surface area contributed by atoms with Crippen LogP contribution in [0.25, 0.3) is 11.0 Å². The number of fused-ring (bicyclic) bond motifs is 3. The van der Waals surface area contributed by atoms with Crippen LogP contribution in [0.3, 0.4) is 0 Å². The third-order valence-corrected chi connectivity index (χ3v) is 6.83. The molecular formula is C24H26N4O6. The summed E-state index contributed by atoms with van der Waals surface area (Å²) in [4.78, 5) is 28.4. The number of benzene rings is 1. The van der Waals surface area contributed by atoms with Gasteiger partial charge >= 0.3 is 5.97 Å². The molecule has 2 bridgehead atoms. The fraction of sp³-hybridized carbons (Fsp3) is 0.458. The fourth-order valence-corrected chi connectivity index (χ4v) is 5.20. The van der Waals surface area contributed by atoms with Crippen molar-refractivity contribution in [2.45, 2.75) is 44.8 Å². The maximum atomic E-state index is 13.0. The van der Waals surface area contributed by atoms with E-state index in [2.05, 4.69) is 20.6 Å². The van der Waals surface area contributed by atoms with Crippen LogP contribution >= 0.6 is 0 Å². The summed E-state index contributed by atoms with van der Waals surface area (Å²) in [5, 5.41) is 19.8. The molecule has 0 spiro atoms. The average molecular weight is 466 g/mol. The molecule has 1 aromatic carbocycles. The number of nitrogens with one attached hydrogen (secondary N) is 1. The number of hydrogen-bond acceptors (Lipinski definition) is 8. The van der Waals surface area contributed by atoms with Gasteiger partial charge in [0.25, 0.3) is 5.91 Å². The van der Waals surface area contributed by atoms with Crippen molar-refractivity contribution in [2.24, 2.45) is 17.8 Å². The quantitative estimate of drug-likeness (QED) is 0.511. The molecule has 3 aromatic rings. The van der Waals surface area contributed by atoms with Gasteiger partial charge in [0.2, 0.25) is 5.88 Å². The van der Waals surface area contributed by atoms with Crippen LogP contribution in [0.5, 0.6) is 11.6 Å². The number of aromatic nitrogens is 3. The lowest BCUT2D eigenvalue weighted by Gasteiger charge is -2.36. The smallest absolute Gasteiger partial charge is 0.332 e. The van der Waals surface area contributed by atoms with Crippen molar-refractivity contribution in [2.75, 3.05) is 6.54 Å². The number of ether oxygens (including phenoxy) is 2. The number of aliphatic carboxylic acids is 1. The summed E-state index contributed by atoms with van der Waals surface area (Å²) >= 11 is 0. The van der Waals surface area contributed by atoms with Crippen LogP contribution in [0.4, 0.5) is 0 Å². The summed E-state index contributed by atoms with van der Waals surface area (Å²) in [6.45, 7) is 2.13. The van der Waals surface area contributed by atoms with Crippen LogP contribution in [0.2, 0.25) is 0 Å². The summed E-state index contributed by atoms with van der Waals surface area (Å²) < 4.78 is 16.4. The fourth-order valence-electron chi connectivity index (χ4n) is 5.20. The number of hydrogen-bond donors (Lipinski definition) is 2. The highest BCUT2D eigenvalue weighted by atomic mass is 16.6. The van der Waals surface area contributed by atoms with E-state index in [1.54, 1.807) is 43.5 Å². The van der Waals surface area contributed by atoms with E-state index in [-0.39, 0.29) is 17.9 Å². The number of nitrogens with zero attached hydrogens (tertiary/aromatic N) is 3. The second-order valence-electron chi connectivity index (χ2n) is 9.10. The van der Waals surface area contributed by atoms with Gasteiger partial charge in [0.15, 0.2) is 6.10 Å². The maximum absolute atomic E-state index is 13.0. The lowest BCUT2D eigenvalue weighted by atomic mass is 9.78. The van der Waals surface area contributed by atoms with E-state index >= 15 is 0 Å². The molecular weight excluding hydrogens is 440 g/mol. The lowest BCUT2D eigenvalue weighted by molar-refractivity contribution is -0.158. The van der Waals surface area contributed by atoms with Gasteiger partial charge in [-0.3, -0.25) is 4.79 Å². The molecule has 2 aromatic heterocycles. The van der Waals surface area contributed by atoms with Gasteiger partial charge in [0.05, 0.1) is 6.10 Å². The highest BCUT2D eigenvalue weighted by molar-refractivity contribution is 5.96. The van der Waals surface area contributed by atoms with Gasteiger partial charge in [0, 0.05) is 18.8 Å². The number of carbonyl (C=O) groups excluding carboxylic acids is 1. The van der Waals surface area contributed by atoms with E-state index in [4.69, 9.17) is 19.2 Å². The van der Waals surface area contributed by atoms with Gasteiger partial charge in [-0.1, -0.05) is 0 Å². The summed E-state index contributed by atoms with van der Waals surface area (Å²) in [5.74, 6) is 0.487. The van der Waals surface area contributed by atoms with Crippen molar-refractivity contribution in [3.05, 3.63) is 42.1 Å². The average Bonchev–Trinajstić information content (AvgIpc) is 3.38. The molecule has 0 aliphatic heterocycles. The van der Waals surface area contributed by atoms with E-state index in [9.17, 15) is 9.59 Å². The molecule has 1 amide bonds. The van der Waals surface area contributed by atoms with Gasteiger partial charge < -0.3 is 19.9 Å². The highest BCUT2D eigenvalue weighted by Crippen LogP contribution is 2.46. The Balaban J connectivity index is 1.20. The minimum absolute atomic E-state index is 0.00590. The third kappa shape index (κ3) is 4.58.